The van der Waals surface area contributed by atoms with Crippen LogP contribution in [0.25, 0.3) is 0 Å². The van der Waals surface area contributed by atoms with Gasteiger partial charge in [-0.15, -0.1) is 11.6 Å². The predicted octanol–water partition coefficient (Wildman–Crippen LogP) is 3.80. The van der Waals surface area contributed by atoms with E-state index in [4.69, 9.17) is 27.9 Å². The van der Waals surface area contributed by atoms with Crippen molar-refractivity contribution >= 4 is 23.2 Å². The highest BCUT2D eigenvalue weighted by molar-refractivity contribution is 6.30. The van der Waals surface area contributed by atoms with E-state index in [-0.39, 0.29) is 11.5 Å². The van der Waals surface area contributed by atoms with Crippen LogP contribution >= 0.6 is 23.2 Å². The van der Waals surface area contributed by atoms with Crippen LogP contribution in [-0.2, 0) is 4.74 Å². The minimum absolute atomic E-state index is 0.0465. The summed E-state index contributed by atoms with van der Waals surface area (Å²) in [5, 5.41) is 0.694. The third-order valence-corrected chi connectivity index (χ3v) is 3.26. The van der Waals surface area contributed by atoms with Crippen molar-refractivity contribution in [3.63, 3.8) is 0 Å². The Morgan fingerprint density at radius 1 is 1.29 bits per heavy atom. The molecule has 1 aliphatic heterocycles. The highest BCUT2D eigenvalue weighted by atomic mass is 35.5. The van der Waals surface area contributed by atoms with Gasteiger partial charge in [0, 0.05) is 11.6 Å². The molecule has 14 heavy (non-hydrogen) atoms. The summed E-state index contributed by atoms with van der Waals surface area (Å²) in [6.07, 6.45) is 2.33. The quantitative estimate of drug-likeness (QED) is 0.703. The van der Waals surface area contributed by atoms with Crippen LogP contribution in [0.15, 0.2) is 24.3 Å². The fourth-order valence-corrected chi connectivity index (χ4v) is 2.16. The van der Waals surface area contributed by atoms with Gasteiger partial charge in [-0.2, -0.15) is 0 Å². The summed E-state index contributed by atoms with van der Waals surface area (Å²) in [6, 6.07) is 7.64. The molecule has 3 heteroatoms. The first-order valence-electron chi connectivity index (χ1n) is 4.78. The second kappa shape index (κ2) is 4.52. The third kappa shape index (κ3) is 2.22. The van der Waals surface area contributed by atoms with Crippen LogP contribution < -0.4 is 0 Å². The van der Waals surface area contributed by atoms with Crippen LogP contribution in [-0.4, -0.2) is 12.7 Å². The summed E-state index contributed by atoms with van der Waals surface area (Å²) in [5.74, 6) is 0. The molecule has 0 aliphatic carbocycles. The van der Waals surface area contributed by atoms with Gasteiger partial charge in [0.15, 0.2) is 0 Å². The van der Waals surface area contributed by atoms with Crippen molar-refractivity contribution in [1.29, 1.82) is 0 Å². The molecule has 1 fully saturated rings. The fourth-order valence-electron chi connectivity index (χ4n) is 1.69. The SMILES string of the molecule is Clc1ccc(C(Cl)C2CCCO2)cc1. The maximum atomic E-state index is 6.30. The van der Waals surface area contributed by atoms with Gasteiger partial charge < -0.3 is 4.74 Å². The number of ether oxygens (including phenoxy) is 1. The van der Waals surface area contributed by atoms with E-state index in [0.717, 1.165) is 30.0 Å². The molecule has 1 nitrogen and oxygen atoms in total. The average Bonchev–Trinajstić information content (AvgIpc) is 2.71. The topological polar surface area (TPSA) is 9.23 Å². The zero-order valence-corrected chi connectivity index (χ0v) is 9.26. The first-order valence-corrected chi connectivity index (χ1v) is 5.60. The van der Waals surface area contributed by atoms with Crippen LogP contribution in [0.2, 0.25) is 5.02 Å². The number of alkyl halides is 1. The predicted molar refractivity (Wildman–Crippen MR) is 59.0 cm³/mol. The Bertz CT molecular complexity index is 291. The minimum atomic E-state index is -0.0465. The molecule has 0 saturated carbocycles. The maximum absolute atomic E-state index is 6.30. The lowest BCUT2D eigenvalue weighted by molar-refractivity contribution is 0.107. The summed E-state index contributed by atoms with van der Waals surface area (Å²) in [4.78, 5) is 0. The molecule has 2 unspecified atom stereocenters. The van der Waals surface area contributed by atoms with Gasteiger partial charge in [0.25, 0.3) is 0 Å². The van der Waals surface area contributed by atoms with Crippen molar-refractivity contribution in [3.05, 3.63) is 34.9 Å². The lowest BCUT2D eigenvalue weighted by atomic mass is 10.1. The van der Waals surface area contributed by atoms with Crippen LogP contribution in [0, 0.1) is 0 Å². The molecule has 0 radical (unpaired) electrons. The summed E-state index contributed by atoms with van der Waals surface area (Å²) in [7, 11) is 0. The van der Waals surface area contributed by atoms with E-state index in [1.54, 1.807) is 0 Å². The molecular weight excluding hydrogens is 219 g/mol. The van der Waals surface area contributed by atoms with Gasteiger partial charge in [-0.1, -0.05) is 23.7 Å². The summed E-state index contributed by atoms with van der Waals surface area (Å²) >= 11 is 12.1. The van der Waals surface area contributed by atoms with Crippen molar-refractivity contribution < 1.29 is 4.74 Å². The van der Waals surface area contributed by atoms with E-state index < -0.39 is 0 Å². The standard InChI is InChI=1S/C11H12Cl2O/c12-9-5-3-8(4-6-9)11(13)10-2-1-7-14-10/h3-6,10-11H,1-2,7H2. The smallest absolute Gasteiger partial charge is 0.0847 e. The van der Waals surface area contributed by atoms with Crippen LogP contribution in [0.5, 0.6) is 0 Å². The zero-order valence-electron chi connectivity index (χ0n) is 7.75. The van der Waals surface area contributed by atoms with Crippen LogP contribution in [0.4, 0.5) is 0 Å². The van der Waals surface area contributed by atoms with Crippen molar-refractivity contribution in [3.8, 4) is 0 Å². The molecule has 1 aromatic rings. The molecule has 1 aromatic carbocycles. The Balaban J connectivity index is 2.09. The van der Waals surface area contributed by atoms with Crippen molar-refractivity contribution in [2.24, 2.45) is 0 Å². The van der Waals surface area contributed by atoms with Crippen molar-refractivity contribution in [2.75, 3.05) is 6.61 Å². The Morgan fingerprint density at radius 3 is 2.57 bits per heavy atom. The summed E-state index contributed by atoms with van der Waals surface area (Å²) < 4.78 is 5.53. The molecule has 0 aromatic heterocycles. The summed E-state index contributed by atoms with van der Waals surface area (Å²) in [5.41, 5.74) is 1.09. The van der Waals surface area contributed by atoms with E-state index in [1.807, 2.05) is 24.3 Å². The van der Waals surface area contributed by atoms with Gasteiger partial charge in [0.05, 0.1) is 11.5 Å². The van der Waals surface area contributed by atoms with Gasteiger partial charge >= 0.3 is 0 Å². The molecule has 2 atom stereocenters. The normalized spacial score (nSPS) is 23.7. The largest absolute Gasteiger partial charge is 0.376 e. The van der Waals surface area contributed by atoms with E-state index >= 15 is 0 Å². The molecule has 0 bridgehead atoms. The molecule has 1 heterocycles. The molecule has 1 saturated heterocycles. The molecule has 0 N–H and O–H groups in total. The van der Waals surface area contributed by atoms with Crippen molar-refractivity contribution in [1.82, 2.24) is 0 Å². The fraction of sp³-hybridized carbons (Fsp3) is 0.455. The average molecular weight is 231 g/mol. The molecular formula is C11H12Cl2O. The van der Waals surface area contributed by atoms with Gasteiger partial charge in [0.1, 0.15) is 0 Å². The van der Waals surface area contributed by atoms with Crippen molar-refractivity contribution in [2.45, 2.75) is 24.3 Å². The third-order valence-electron chi connectivity index (χ3n) is 2.48. The first kappa shape index (κ1) is 10.3. The minimum Gasteiger partial charge on any atom is -0.376 e. The Kier molecular flexibility index (Phi) is 3.32. The Morgan fingerprint density at radius 2 is 2.00 bits per heavy atom. The molecule has 0 amide bonds. The van der Waals surface area contributed by atoms with Gasteiger partial charge in [-0.3, -0.25) is 0 Å². The number of hydrogen-bond acceptors (Lipinski definition) is 1. The van der Waals surface area contributed by atoms with Crippen LogP contribution in [0.1, 0.15) is 23.8 Å². The monoisotopic (exact) mass is 230 g/mol. The maximum Gasteiger partial charge on any atom is 0.0847 e. The molecule has 0 spiro atoms. The van der Waals surface area contributed by atoms with Crippen LogP contribution in [0.3, 0.4) is 0 Å². The lowest BCUT2D eigenvalue weighted by Gasteiger charge is -2.16. The Hall–Kier alpha value is -0.240. The highest BCUT2D eigenvalue weighted by Crippen LogP contribution is 2.32. The second-order valence-corrected chi connectivity index (χ2v) is 4.41. The highest BCUT2D eigenvalue weighted by Gasteiger charge is 2.25. The van der Waals surface area contributed by atoms with Gasteiger partial charge in [0.2, 0.25) is 0 Å². The van der Waals surface area contributed by atoms with E-state index in [0.29, 0.717) is 0 Å². The van der Waals surface area contributed by atoms with E-state index in [1.165, 1.54) is 0 Å². The number of hydrogen-bond donors (Lipinski definition) is 0. The van der Waals surface area contributed by atoms with Gasteiger partial charge in [-0.25, -0.2) is 0 Å². The summed E-state index contributed by atoms with van der Waals surface area (Å²) in [6.45, 7) is 0.835. The molecule has 2 rings (SSSR count). The number of rotatable bonds is 2. The van der Waals surface area contributed by atoms with E-state index in [9.17, 15) is 0 Å². The Labute approximate surface area is 94.0 Å². The zero-order chi connectivity index (χ0) is 9.97. The molecule has 1 aliphatic rings. The number of halogens is 2. The first-order chi connectivity index (χ1) is 6.77. The van der Waals surface area contributed by atoms with E-state index in [2.05, 4.69) is 0 Å². The second-order valence-electron chi connectivity index (χ2n) is 3.50. The lowest BCUT2D eigenvalue weighted by Crippen LogP contribution is -2.12. The number of benzene rings is 1. The van der Waals surface area contributed by atoms with Gasteiger partial charge in [-0.05, 0) is 30.5 Å². The molecule has 76 valence electrons.